The molecule has 1 unspecified atom stereocenters. The van der Waals surface area contributed by atoms with E-state index in [9.17, 15) is 4.79 Å². The second-order valence-corrected chi connectivity index (χ2v) is 5.38. The molecule has 2 heterocycles. The summed E-state index contributed by atoms with van der Waals surface area (Å²) >= 11 is 0. The number of ether oxygens (including phenoxy) is 1. The van der Waals surface area contributed by atoms with Crippen molar-refractivity contribution in [2.45, 2.75) is 39.7 Å². The van der Waals surface area contributed by atoms with Gasteiger partial charge in [0.1, 0.15) is 11.6 Å². The number of amides is 1. The third-order valence-corrected chi connectivity index (χ3v) is 3.59. The minimum absolute atomic E-state index is 0.00685. The highest BCUT2D eigenvalue weighted by atomic mass is 16.5. The van der Waals surface area contributed by atoms with Gasteiger partial charge in [0.25, 0.3) is 0 Å². The quantitative estimate of drug-likeness (QED) is 0.888. The molecule has 1 aromatic rings. The van der Waals surface area contributed by atoms with Crippen LogP contribution in [0.2, 0.25) is 0 Å². The summed E-state index contributed by atoms with van der Waals surface area (Å²) in [5.74, 6) is 1.74. The average molecular weight is 292 g/mol. The fourth-order valence-electron chi connectivity index (χ4n) is 2.44. The van der Waals surface area contributed by atoms with Gasteiger partial charge in [-0.05, 0) is 13.3 Å². The highest BCUT2D eigenvalue weighted by molar-refractivity contribution is 5.73. The van der Waals surface area contributed by atoms with Crippen molar-refractivity contribution in [1.29, 1.82) is 0 Å². The van der Waals surface area contributed by atoms with E-state index in [1.54, 1.807) is 6.92 Å². The highest BCUT2D eigenvalue weighted by Crippen LogP contribution is 2.15. The number of morpholine rings is 1. The molecule has 21 heavy (non-hydrogen) atoms. The van der Waals surface area contributed by atoms with Crippen LogP contribution in [0, 0.1) is 6.92 Å². The number of anilines is 1. The molecule has 1 atom stereocenters. The largest absolute Gasteiger partial charge is 0.373 e. The number of nitrogens with one attached hydrogen (secondary N) is 1. The zero-order chi connectivity index (χ0) is 15.2. The van der Waals surface area contributed by atoms with Gasteiger partial charge in [0, 0.05) is 38.3 Å². The van der Waals surface area contributed by atoms with E-state index in [4.69, 9.17) is 4.74 Å². The average Bonchev–Trinajstić information content (AvgIpc) is 2.48. The van der Waals surface area contributed by atoms with Crippen LogP contribution in [0.25, 0.3) is 0 Å². The Balaban J connectivity index is 1.96. The Bertz CT molecular complexity index is 493. The van der Waals surface area contributed by atoms with Crippen LogP contribution in [-0.4, -0.2) is 53.1 Å². The van der Waals surface area contributed by atoms with Crippen molar-refractivity contribution in [3.63, 3.8) is 0 Å². The number of hydrogen-bond donors (Lipinski definition) is 1. The monoisotopic (exact) mass is 292 g/mol. The summed E-state index contributed by atoms with van der Waals surface area (Å²) < 4.78 is 5.71. The third-order valence-electron chi connectivity index (χ3n) is 3.59. The van der Waals surface area contributed by atoms with Gasteiger partial charge in [-0.1, -0.05) is 13.3 Å². The molecule has 6 heteroatoms. The second-order valence-electron chi connectivity index (χ2n) is 5.38. The second kappa shape index (κ2) is 7.36. The summed E-state index contributed by atoms with van der Waals surface area (Å²) in [4.78, 5) is 22.0. The summed E-state index contributed by atoms with van der Waals surface area (Å²) in [6.07, 6.45) is 3.90. The predicted octanol–water partition coefficient (Wildman–Crippen LogP) is 1.40. The van der Waals surface area contributed by atoms with Crippen molar-refractivity contribution in [1.82, 2.24) is 14.9 Å². The summed E-state index contributed by atoms with van der Waals surface area (Å²) in [6.45, 7) is 8.18. The van der Waals surface area contributed by atoms with Crippen LogP contribution in [0.5, 0.6) is 0 Å². The van der Waals surface area contributed by atoms with E-state index in [0.717, 1.165) is 30.0 Å². The first-order valence-corrected chi connectivity index (χ1v) is 7.53. The van der Waals surface area contributed by atoms with Crippen LogP contribution in [0.1, 0.15) is 31.7 Å². The van der Waals surface area contributed by atoms with E-state index in [2.05, 4.69) is 22.2 Å². The summed E-state index contributed by atoms with van der Waals surface area (Å²) in [7, 11) is 0. The third kappa shape index (κ3) is 4.39. The number of carbonyl (C=O) groups excluding carboxylic acids is 1. The van der Waals surface area contributed by atoms with E-state index >= 15 is 0 Å². The van der Waals surface area contributed by atoms with Gasteiger partial charge in [0.2, 0.25) is 5.91 Å². The molecule has 116 valence electrons. The fourth-order valence-corrected chi connectivity index (χ4v) is 2.44. The first kappa shape index (κ1) is 15.7. The lowest BCUT2D eigenvalue weighted by atomic mass is 10.2. The molecule has 1 aromatic heterocycles. The molecular formula is C15H24N4O2. The van der Waals surface area contributed by atoms with Crippen LogP contribution in [0.15, 0.2) is 6.20 Å². The SMILES string of the molecule is CCCc1cnc(C)nc1NCC1CN(C(C)=O)CCO1. The van der Waals surface area contributed by atoms with Gasteiger partial charge in [-0.25, -0.2) is 9.97 Å². The van der Waals surface area contributed by atoms with Crippen LogP contribution in [0.3, 0.4) is 0 Å². The number of aryl methyl sites for hydroxylation is 2. The Hall–Kier alpha value is -1.69. The van der Waals surface area contributed by atoms with Crippen molar-refractivity contribution < 1.29 is 9.53 Å². The van der Waals surface area contributed by atoms with Crippen LogP contribution >= 0.6 is 0 Å². The Morgan fingerprint density at radius 3 is 3.10 bits per heavy atom. The van der Waals surface area contributed by atoms with Crippen molar-refractivity contribution in [2.75, 3.05) is 31.6 Å². The first-order valence-electron chi connectivity index (χ1n) is 7.53. The molecule has 0 saturated carbocycles. The zero-order valence-electron chi connectivity index (χ0n) is 13.1. The molecule has 1 aliphatic rings. The van der Waals surface area contributed by atoms with Crippen LogP contribution in [-0.2, 0) is 16.0 Å². The standard InChI is InChI=1S/C15H24N4O2/c1-4-5-13-8-16-11(2)18-15(13)17-9-14-10-19(12(3)20)6-7-21-14/h8,14H,4-7,9-10H2,1-3H3,(H,16,17,18). The van der Waals surface area contributed by atoms with Gasteiger partial charge >= 0.3 is 0 Å². The topological polar surface area (TPSA) is 67.4 Å². The number of aromatic nitrogens is 2. The number of carbonyl (C=O) groups is 1. The minimum Gasteiger partial charge on any atom is -0.373 e. The van der Waals surface area contributed by atoms with E-state index in [1.165, 1.54) is 0 Å². The van der Waals surface area contributed by atoms with Crippen LogP contribution in [0.4, 0.5) is 5.82 Å². The van der Waals surface area contributed by atoms with Gasteiger partial charge in [-0.3, -0.25) is 4.79 Å². The smallest absolute Gasteiger partial charge is 0.219 e. The summed E-state index contributed by atoms with van der Waals surface area (Å²) in [5, 5.41) is 3.35. The molecule has 1 aliphatic heterocycles. The Morgan fingerprint density at radius 2 is 2.38 bits per heavy atom. The zero-order valence-corrected chi connectivity index (χ0v) is 13.1. The molecular weight excluding hydrogens is 268 g/mol. The summed E-state index contributed by atoms with van der Waals surface area (Å²) in [5.41, 5.74) is 1.13. The molecule has 1 N–H and O–H groups in total. The van der Waals surface area contributed by atoms with E-state index in [1.807, 2.05) is 18.0 Å². The van der Waals surface area contributed by atoms with Crippen molar-refractivity contribution in [3.8, 4) is 0 Å². The van der Waals surface area contributed by atoms with Crippen molar-refractivity contribution >= 4 is 11.7 Å². The maximum absolute atomic E-state index is 11.4. The van der Waals surface area contributed by atoms with Crippen LogP contribution < -0.4 is 5.32 Å². The molecule has 1 amide bonds. The Kier molecular flexibility index (Phi) is 5.50. The Morgan fingerprint density at radius 1 is 1.57 bits per heavy atom. The lowest BCUT2D eigenvalue weighted by Gasteiger charge is -2.32. The molecule has 2 rings (SSSR count). The highest BCUT2D eigenvalue weighted by Gasteiger charge is 2.22. The molecule has 6 nitrogen and oxygen atoms in total. The summed E-state index contributed by atoms with van der Waals surface area (Å²) in [6, 6.07) is 0. The molecule has 1 fully saturated rings. The van der Waals surface area contributed by atoms with E-state index in [-0.39, 0.29) is 12.0 Å². The van der Waals surface area contributed by atoms with Gasteiger partial charge in [-0.2, -0.15) is 0 Å². The number of rotatable bonds is 5. The van der Waals surface area contributed by atoms with Gasteiger partial charge < -0.3 is 15.0 Å². The molecule has 0 aliphatic carbocycles. The maximum Gasteiger partial charge on any atom is 0.219 e. The molecule has 0 aromatic carbocycles. The number of nitrogens with zero attached hydrogens (tertiary/aromatic N) is 3. The van der Waals surface area contributed by atoms with Gasteiger partial charge in [0.05, 0.1) is 12.7 Å². The minimum atomic E-state index is 0.00685. The first-order chi connectivity index (χ1) is 10.1. The van der Waals surface area contributed by atoms with E-state index < -0.39 is 0 Å². The predicted molar refractivity (Wildman–Crippen MR) is 81.2 cm³/mol. The van der Waals surface area contributed by atoms with Gasteiger partial charge in [-0.15, -0.1) is 0 Å². The lowest BCUT2D eigenvalue weighted by Crippen LogP contribution is -2.47. The molecule has 0 spiro atoms. The van der Waals surface area contributed by atoms with Gasteiger partial charge in [0.15, 0.2) is 0 Å². The van der Waals surface area contributed by atoms with Crippen molar-refractivity contribution in [3.05, 3.63) is 17.6 Å². The fraction of sp³-hybridized carbons (Fsp3) is 0.667. The van der Waals surface area contributed by atoms with Crippen molar-refractivity contribution in [2.24, 2.45) is 0 Å². The normalized spacial score (nSPS) is 18.6. The lowest BCUT2D eigenvalue weighted by molar-refractivity contribution is -0.135. The Labute approximate surface area is 125 Å². The molecule has 0 bridgehead atoms. The van der Waals surface area contributed by atoms with E-state index in [0.29, 0.717) is 26.2 Å². The molecule has 1 saturated heterocycles. The number of hydrogen-bond acceptors (Lipinski definition) is 5. The molecule has 0 radical (unpaired) electrons. The maximum atomic E-state index is 11.4.